The highest BCUT2D eigenvalue weighted by molar-refractivity contribution is 5.95. The zero-order chi connectivity index (χ0) is 21.6. The molecule has 2 aromatic carbocycles. The Morgan fingerprint density at radius 3 is 2.17 bits per heavy atom. The summed E-state index contributed by atoms with van der Waals surface area (Å²) in [5, 5.41) is 2.68. The van der Waals surface area contributed by atoms with Crippen LogP contribution in [0, 0.1) is 20.8 Å². The van der Waals surface area contributed by atoms with E-state index < -0.39 is 18.0 Å². The molecule has 0 radical (unpaired) electrons. The molecule has 0 saturated carbocycles. The first-order valence-electron chi connectivity index (χ1n) is 9.18. The maximum absolute atomic E-state index is 12.3. The summed E-state index contributed by atoms with van der Waals surface area (Å²) in [6.45, 7) is 7.05. The van der Waals surface area contributed by atoms with E-state index in [0.717, 1.165) is 16.7 Å². The predicted octanol–water partition coefficient (Wildman–Crippen LogP) is 3.58. The molecule has 0 unspecified atom stereocenters. The van der Waals surface area contributed by atoms with Crippen molar-refractivity contribution in [2.45, 2.75) is 33.8 Å². The Morgan fingerprint density at radius 1 is 0.966 bits per heavy atom. The number of nitrogens with one attached hydrogen (secondary N) is 1. The maximum Gasteiger partial charge on any atom is 0.344 e. The summed E-state index contributed by atoms with van der Waals surface area (Å²) in [5.41, 5.74) is 3.50. The zero-order valence-corrected chi connectivity index (χ0v) is 17.6. The molecule has 0 aliphatic rings. The summed E-state index contributed by atoms with van der Waals surface area (Å²) >= 11 is 0. The van der Waals surface area contributed by atoms with Gasteiger partial charge in [-0.05, 0) is 51.0 Å². The van der Waals surface area contributed by atoms with Crippen LogP contribution in [0.3, 0.4) is 0 Å². The lowest BCUT2D eigenvalue weighted by molar-refractivity contribution is -0.155. The van der Waals surface area contributed by atoms with Crippen molar-refractivity contribution in [3.63, 3.8) is 0 Å². The van der Waals surface area contributed by atoms with E-state index in [-0.39, 0.29) is 6.61 Å². The lowest BCUT2D eigenvalue weighted by Crippen LogP contribution is -2.31. The third kappa shape index (κ3) is 5.88. The fourth-order valence-corrected chi connectivity index (χ4v) is 2.97. The van der Waals surface area contributed by atoms with E-state index in [1.807, 2.05) is 32.9 Å². The van der Waals surface area contributed by atoms with Crippen LogP contribution in [0.2, 0.25) is 0 Å². The Labute approximate surface area is 170 Å². The van der Waals surface area contributed by atoms with Gasteiger partial charge in [-0.25, -0.2) is 4.79 Å². The number of amides is 1. The van der Waals surface area contributed by atoms with Crippen LogP contribution in [-0.4, -0.2) is 38.8 Å². The maximum atomic E-state index is 12.3. The van der Waals surface area contributed by atoms with Crippen molar-refractivity contribution < 1.29 is 28.5 Å². The molecule has 29 heavy (non-hydrogen) atoms. The molecule has 2 rings (SSSR count). The van der Waals surface area contributed by atoms with E-state index in [1.54, 1.807) is 18.2 Å². The Bertz CT molecular complexity index is 870. The highest BCUT2D eigenvalue weighted by Gasteiger charge is 2.19. The summed E-state index contributed by atoms with van der Waals surface area (Å²) < 4.78 is 21.1. The van der Waals surface area contributed by atoms with Crippen molar-refractivity contribution in [3.8, 4) is 17.2 Å². The topological polar surface area (TPSA) is 83.1 Å². The molecule has 0 aromatic heterocycles. The Morgan fingerprint density at radius 2 is 1.59 bits per heavy atom. The van der Waals surface area contributed by atoms with Crippen molar-refractivity contribution in [3.05, 3.63) is 47.0 Å². The van der Waals surface area contributed by atoms with Gasteiger partial charge in [-0.1, -0.05) is 17.7 Å². The molecule has 156 valence electrons. The van der Waals surface area contributed by atoms with Gasteiger partial charge in [0.05, 0.1) is 14.2 Å². The van der Waals surface area contributed by atoms with Gasteiger partial charge in [0.25, 0.3) is 5.91 Å². The normalized spacial score (nSPS) is 11.4. The Balaban J connectivity index is 1.91. The number of carbonyl (C=O) groups excluding carboxylic acids is 2. The number of ether oxygens (including phenoxy) is 4. The molecule has 7 heteroatoms. The third-order valence-corrected chi connectivity index (χ3v) is 4.27. The summed E-state index contributed by atoms with van der Waals surface area (Å²) in [6.07, 6.45) is -0.987. The molecule has 2 aromatic rings. The number of benzene rings is 2. The van der Waals surface area contributed by atoms with Gasteiger partial charge in [-0.2, -0.15) is 0 Å². The van der Waals surface area contributed by atoms with E-state index >= 15 is 0 Å². The molecule has 0 aliphatic carbocycles. The zero-order valence-electron chi connectivity index (χ0n) is 17.6. The molecule has 7 nitrogen and oxygen atoms in total. The summed E-state index contributed by atoms with van der Waals surface area (Å²) in [4.78, 5) is 24.4. The molecule has 0 aliphatic heterocycles. The van der Waals surface area contributed by atoms with Crippen LogP contribution < -0.4 is 19.5 Å². The quantitative estimate of drug-likeness (QED) is 0.681. The molecule has 0 bridgehead atoms. The molecule has 1 atom stereocenters. The lowest BCUT2D eigenvalue weighted by atomic mass is 10.1. The minimum Gasteiger partial charge on any atom is -0.493 e. The van der Waals surface area contributed by atoms with Crippen LogP contribution in [0.15, 0.2) is 30.3 Å². The van der Waals surface area contributed by atoms with E-state index in [2.05, 4.69) is 5.32 Å². The SMILES string of the molecule is COc1ccc(NC(=O)[C@@H](C)OC(=O)COc2c(C)cc(C)cc2C)cc1OC. The fraction of sp³-hybridized carbons (Fsp3) is 0.364. The number of hydrogen-bond acceptors (Lipinski definition) is 6. The molecule has 0 heterocycles. The fourth-order valence-electron chi connectivity index (χ4n) is 2.97. The van der Waals surface area contributed by atoms with Crippen molar-refractivity contribution in [2.24, 2.45) is 0 Å². The average Bonchev–Trinajstić information content (AvgIpc) is 2.66. The first kappa shape index (κ1) is 22.1. The molecule has 1 amide bonds. The van der Waals surface area contributed by atoms with Crippen molar-refractivity contribution >= 4 is 17.6 Å². The van der Waals surface area contributed by atoms with Crippen LogP contribution >= 0.6 is 0 Å². The molecule has 0 saturated heterocycles. The summed E-state index contributed by atoms with van der Waals surface area (Å²) in [6, 6.07) is 8.92. The monoisotopic (exact) mass is 401 g/mol. The lowest BCUT2D eigenvalue weighted by Gasteiger charge is -2.16. The van der Waals surface area contributed by atoms with Crippen LogP contribution in [0.25, 0.3) is 0 Å². The van der Waals surface area contributed by atoms with Crippen molar-refractivity contribution in [2.75, 3.05) is 26.1 Å². The molecular formula is C22H27NO6. The van der Waals surface area contributed by atoms with Gasteiger partial charge in [0.1, 0.15) is 5.75 Å². The van der Waals surface area contributed by atoms with Crippen molar-refractivity contribution in [1.29, 1.82) is 0 Å². The second kappa shape index (κ2) is 9.82. The summed E-state index contributed by atoms with van der Waals surface area (Å²) in [7, 11) is 3.03. The number of hydrogen-bond donors (Lipinski definition) is 1. The standard InChI is InChI=1S/C22H27NO6/c1-13-9-14(2)21(15(3)10-13)28-12-20(24)29-16(4)22(25)23-17-7-8-18(26-5)19(11-17)27-6/h7-11,16H,12H2,1-6H3,(H,23,25)/t16-/m1/s1. The van der Waals surface area contributed by atoms with Gasteiger partial charge in [0.15, 0.2) is 24.2 Å². The third-order valence-electron chi connectivity index (χ3n) is 4.27. The van der Waals surface area contributed by atoms with E-state index in [9.17, 15) is 9.59 Å². The van der Waals surface area contributed by atoms with E-state index in [4.69, 9.17) is 18.9 Å². The largest absolute Gasteiger partial charge is 0.493 e. The predicted molar refractivity (Wildman–Crippen MR) is 110 cm³/mol. The second-order valence-electron chi connectivity index (χ2n) is 6.71. The minimum atomic E-state index is -0.987. The number of rotatable bonds is 8. The number of esters is 1. The highest BCUT2D eigenvalue weighted by atomic mass is 16.6. The number of methoxy groups -OCH3 is 2. The van der Waals surface area contributed by atoms with Gasteiger partial charge >= 0.3 is 5.97 Å². The average molecular weight is 401 g/mol. The Kier molecular flexibility index (Phi) is 7.47. The van der Waals surface area contributed by atoms with Gasteiger partial charge in [-0.3, -0.25) is 4.79 Å². The van der Waals surface area contributed by atoms with Gasteiger partial charge in [0, 0.05) is 11.8 Å². The van der Waals surface area contributed by atoms with Crippen molar-refractivity contribution in [1.82, 2.24) is 0 Å². The molecular weight excluding hydrogens is 374 g/mol. The molecule has 0 fully saturated rings. The molecule has 1 N–H and O–H groups in total. The van der Waals surface area contributed by atoms with E-state index in [1.165, 1.54) is 21.1 Å². The first-order valence-corrected chi connectivity index (χ1v) is 9.18. The van der Waals surface area contributed by atoms with Crippen LogP contribution in [0.1, 0.15) is 23.6 Å². The first-order chi connectivity index (χ1) is 13.7. The van der Waals surface area contributed by atoms with Gasteiger partial charge in [0.2, 0.25) is 0 Å². The van der Waals surface area contributed by atoms with Crippen LogP contribution in [-0.2, 0) is 14.3 Å². The van der Waals surface area contributed by atoms with Gasteiger partial charge in [-0.15, -0.1) is 0 Å². The van der Waals surface area contributed by atoms with Crippen LogP contribution in [0.5, 0.6) is 17.2 Å². The van der Waals surface area contributed by atoms with Gasteiger partial charge < -0.3 is 24.3 Å². The smallest absolute Gasteiger partial charge is 0.344 e. The minimum absolute atomic E-state index is 0.279. The molecule has 0 spiro atoms. The van der Waals surface area contributed by atoms with Crippen LogP contribution in [0.4, 0.5) is 5.69 Å². The Hall–Kier alpha value is -3.22. The number of aryl methyl sites for hydroxylation is 3. The highest BCUT2D eigenvalue weighted by Crippen LogP contribution is 2.29. The second-order valence-corrected chi connectivity index (χ2v) is 6.71. The number of anilines is 1. The van der Waals surface area contributed by atoms with E-state index in [0.29, 0.717) is 22.9 Å². The number of carbonyl (C=O) groups is 2. The summed E-state index contributed by atoms with van der Waals surface area (Å²) in [5.74, 6) is 0.582.